The summed E-state index contributed by atoms with van der Waals surface area (Å²) in [5.74, 6) is 1.68. The molecule has 1 aliphatic rings. The summed E-state index contributed by atoms with van der Waals surface area (Å²) < 4.78 is 5.60. The van der Waals surface area contributed by atoms with Crippen LogP contribution in [0, 0.1) is 5.92 Å². The molecular weight excluding hydrogens is 264 g/mol. The summed E-state index contributed by atoms with van der Waals surface area (Å²) in [6.45, 7) is 6.76. The van der Waals surface area contributed by atoms with Crippen LogP contribution in [0.5, 0.6) is 5.75 Å². The van der Waals surface area contributed by atoms with E-state index in [4.69, 9.17) is 4.74 Å². The van der Waals surface area contributed by atoms with Crippen LogP contribution >= 0.6 is 0 Å². The molecule has 2 N–H and O–H groups in total. The fraction of sp³-hybridized carbons (Fsp3) is 0.588. The van der Waals surface area contributed by atoms with Gasteiger partial charge in [0.05, 0.1) is 6.10 Å². The molecule has 1 heterocycles. The molecule has 1 unspecified atom stereocenters. The van der Waals surface area contributed by atoms with E-state index in [0.29, 0.717) is 18.9 Å². The number of carbonyl (C=O) groups excluding carboxylic acids is 1. The maximum absolute atomic E-state index is 11.8. The third-order valence-electron chi connectivity index (χ3n) is 3.73. The van der Waals surface area contributed by atoms with Crippen molar-refractivity contribution in [3.8, 4) is 5.75 Å². The second-order valence-corrected chi connectivity index (χ2v) is 5.98. The van der Waals surface area contributed by atoms with Crippen molar-refractivity contribution < 1.29 is 9.53 Å². The molecule has 0 aromatic heterocycles. The summed E-state index contributed by atoms with van der Waals surface area (Å²) in [5, 5.41) is 6.31. The van der Waals surface area contributed by atoms with E-state index < -0.39 is 0 Å². The van der Waals surface area contributed by atoms with Gasteiger partial charge in [-0.15, -0.1) is 0 Å². The van der Waals surface area contributed by atoms with Gasteiger partial charge in [-0.25, -0.2) is 0 Å². The Bertz CT molecular complexity index is 437. The normalized spacial score (nSPS) is 18.0. The predicted octanol–water partition coefficient (Wildman–Crippen LogP) is 2.48. The zero-order valence-electron chi connectivity index (χ0n) is 13.0. The highest BCUT2D eigenvalue weighted by molar-refractivity contribution is 5.75. The van der Waals surface area contributed by atoms with Crippen molar-refractivity contribution in [2.75, 3.05) is 13.1 Å². The molecule has 1 aliphatic heterocycles. The van der Waals surface area contributed by atoms with Crippen molar-refractivity contribution in [1.29, 1.82) is 0 Å². The van der Waals surface area contributed by atoms with Crippen LogP contribution in [-0.2, 0) is 11.3 Å². The van der Waals surface area contributed by atoms with Gasteiger partial charge in [-0.1, -0.05) is 12.1 Å². The average molecular weight is 290 g/mol. The smallest absolute Gasteiger partial charge is 0.220 e. The van der Waals surface area contributed by atoms with Crippen molar-refractivity contribution in [3.63, 3.8) is 0 Å². The minimum absolute atomic E-state index is 0.143. The summed E-state index contributed by atoms with van der Waals surface area (Å²) in [5.41, 5.74) is 1.10. The highest BCUT2D eigenvalue weighted by atomic mass is 16.5. The first kappa shape index (κ1) is 15.8. The minimum atomic E-state index is 0.143. The maximum Gasteiger partial charge on any atom is 0.220 e. The number of nitrogens with one attached hydrogen (secondary N) is 2. The van der Waals surface area contributed by atoms with Crippen molar-refractivity contribution in [2.45, 2.75) is 45.8 Å². The molecule has 0 spiro atoms. The van der Waals surface area contributed by atoms with Crippen LogP contribution in [0.15, 0.2) is 24.3 Å². The van der Waals surface area contributed by atoms with E-state index >= 15 is 0 Å². The lowest BCUT2D eigenvalue weighted by Gasteiger charge is -2.11. The van der Waals surface area contributed by atoms with Crippen LogP contribution in [0.3, 0.4) is 0 Å². The third-order valence-corrected chi connectivity index (χ3v) is 3.73. The van der Waals surface area contributed by atoms with Crippen LogP contribution in [-0.4, -0.2) is 25.1 Å². The number of carbonyl (C=O) groups is 1. The number of rotatable bonds is 7. The van der Waals surface area contributed by atoms with Gasteiger partial charge in [0.2, 0.25) is 5.91 Å². The van der Waals surface area contributed by atoms with E-state index in [9.17, 15) is 4.79 Å². The molecule has 1 aromatic carbocycles. The molecule has 1 atom stereocenters. The minimum Gasteiger partial charge on any atom is -0.491 e. The molecule has 0 radical (unpaired) electrons. The van der Waals surface area contributed by atoms with E-state index in [0.717, 1.165) is 30.8 Å². The topological polar surface area (TPSA) is 50.4 Å². The van der Waals surface area contributed by atoms with E-state index in [1.807, 2.05) is 38.1 Å². The monoisotopic (exact) mass is 290 g/mol. The lowest BCUT2D eigenvalue weighted by molar-refractivity contribution is -0.121. The molecule has 2 rings (SSSR count). The number of hydrogen-bond donors (Lipinski definition) is 2. The van der Waals surface area contributed by atoms with Gasteiger partial charge >= 0.3 is 0 Å². The first-order chi connectivity index (χ1) is 10.1. The standard InChI is InChI=1S/C17H26N2O2/c1-13(2)21-16-6-3-14(4-7-16)12-19-17(20)8-5-15-9-10-18-11-15/h3-4,6-7,13,15,18H,5,8-12H2,1-2H3,(H,19,20). The molecule has 4 heteroatoms. The summed E-state index contributed by atoms with van der Waals surface area (Å²) >= 11 is 0. The largest absolute Gasteiger partial charge is 0.491 e. The van der Waals surface area contributed by atoms with Gasteiger partial charge in [-0.05, 0) is 63.4 Å². The molecule has 1 aromatic rings. The molecule has 4 nitrogen and oxygen atoms in total. The Hall–Kier alpha value is -1.55. The molecule has 0 aliphatic carbocycles. The Kier molecular flexibility index (Phi) is 6.05. The van der Waals surface area contributed by atoms with E-state index in [-0.39, 0.29) is 12.0 Å². The first-order valence-corrected chi connectivity index (χ1v) is 7.86. The lowest BCUT2D eigenvalue weighted by atomic mass is 10.0. The fourth-order valence-electron chi connectivity index (χ4n) is 2.54. The van der Waals surface area contributed by atoms with E-state index in [2.05, 4.69) is 10.6 Å². The van der Waals surface area contributed by atoms with Gasteiger partial charge in [0.1, 0.15) is 5.75 Å². The highest BCUT2D eigenvalue weighted by Gasteiger charge is 2.15. The molecule has 0 bridgehead atoms. The summed E-state index contributed by atoms with van der Waals surface area (Å²) in [7, 11) is 0. The predicted molar refractivity (Wildman–Crippen MR) is 84.3 cm³/mol. The molecular formula is C17H26N2O2. The molecule has 1 saturated heterocycles. The molecule has 1 fully saturated rings. The van der Waals surface area contributed by atoms with Crippen LogP contribution in [0.25, 0.3) is 0 Å². The Labute approximate surface area is 127 Å². The van der Waals surface area contributed by atoms with Gasteiger partial charge in [0, 0.05) is 13.0 Å². The second kappa shape index (κ2) is 8.03. The quantitative estimate of drug-likeness (QED) is 0.811. The van der Waals surface area contributed by atoms with Crippen molar-refractivity contribution >= 4 is 5.91 Å². The molecule has 21 heavy (non-hydrogen) atoms. The number of ether oxygens (including phenoxy) is 1. The Morgan fingerprint density at radius 3 is 2.76 bits per heavy atom. The lowest BCUT2D eigenvalue weighted by Crippen LogP contribution is -2.23. The van der Waals surface area contributed by atoms with Crippen molar-refractivity contribution in [3.05, 3.63) is 29.8 Å². The Balaban J connectivity index is 1.68. The third kappa shape index (κ3) is 5.76. The molecule has 0 saturated carbocycles. The van der Waals surface area contributed by atoms with Gasteiger partial charge in [-0.2, -0.15) is 0 Å². The van der Waals surface area contributed by atoms with Crippen LogP contribution < -0.4 is 15.4 Å². The van der Waals surface area contributed by atoms with E-state index in [1.54, 1.807) is 0 Å². The van der Waals surface area contributed by atoms with Crippen molar-refractivity contribution in [2.24, 2.45) is 5.92 Å². The van der Waals surface area contributed by atoms with Crippen molar-refractivity contribution in [1.82, 2.24) is 10.6 Å². The zero-order valence-corrected chi connectivity index (χ0v) is 13.0. The van der Waals surface area contributed by atoms with Gasteiger partial charge in [0.25, 0.3) is 0 Å². The van der Waals surface area contributed by atoms with Crippen LogP contribution in [0.1, 0.15) is 38.7 Å². The van der Waals surface area contributed by atoms with Crippen LogP contribution in [0.2, 0.25) is 0 Å². The SMILES string of the molecule is CC(C)Oc1ccc(CNC(=O)CCC2CCNC2)cc1. The van der Waals surface area contributed by atoms with E-state index in [1.165, 1.54) is 6.42 Å². The number of benzene rings is 1. The van der Waals surface area contributed by atoms with Gasteiger partial charge < -0.3 is 15.4 Å². The van der Waals surface area contributed by atoms with Gasteiger partial charge in [0.15, 0.2) is 0 Å². The first-order valence-electron chi connectivity index (χ1n) is 7.86. The Morgan fingerprint density at radius 1 is 1.38 bits per heavy atom. The van der Waals surface area contributed by atoms with Crippen LogP contribution in [0.4, 0.5) is 0 Å². The summed E-state index contributed by atoms with van der Waals surface area (Å²) in [6.07, 6.45) is 2.99. The zero-order chi connectivity index (χ0) is 15.1. The number of amides is 1. The fourth-order valence-corrected chi connectivity index (χ4v) is 2.54. The Morgan fingerprint density at radius 2 is 2.14 bits per heavy atom. The summed E-state index contributed by atoms with van der Waals surface area (Å²) in [6, 6.07) is 7.90. The molecule has 116 valence electrons. The second-order valence-electron chi connectivity index (χ2n) is 5.98. The average Bonchev–Trinajstić information content (AvgIpc) is 2.97. The van der Waals surface area contributed by atoms with Gasteiger partial charge in [-0.3, -0.25) is 4.79 Å². The number of hydrogen-bond acceptors (Lipinski definition) is 3. The summed E-state index contributed by atoms with van der Waals surface area (Å²) in [4.78, 5) is 11.8. The molecule has 1 amide bonds. The maximum atomic E-state index is 11.8. The highest BCUT2D eigenvalue weighted by Crippen LogP contribution is 2.15.